The molecule has 1 unspecified atom stereocenters. The minimum atomic E-state index is -0.796. The summed E-state index contributed by atoms with van der Waals surface area (Å²) in [4.78, 5) is 38.1. The van der Waals surface area contributed by atoms with Crippen LogP contribution in [0, 0.1) is 0 Å². The highest BCUT2D eigenvalue weighted by Gasteiger charge is 2.19. The summed E-state index contributed by atoms with van der Waals surface area (Å²) in [6.45, 7) is 6.49. The van der Waals surface area contributed by atoms with Gasteiger partial charge in [-0.3, -0.25) is 14.4 Å². The summed E-state index contributed by atoms with van der Waals surface area (Å²) in [5.41, 5.74) is 0. The number of esters is 3. The van der Waals surface area contributed by atoms with Crippen molar-refractivity contribution in [3.63, 3.8) is 0 Å². The molecule has 6 heteroatoms. The Morgan fingerprint density at radius 2 is 0.591 bits per heavy atom. The lowest BCUT2D eigenvalue weighted by molar-refractivity contribution is -0.167. The number of carbonyl (C=O) groups is 3. The van der Waals surface area contributed by atoms with E-state index in [0.29, 0.717) is 19.3 Å². The van der Waals surface area contributed by atoms with Gasteiger partial charge in [0.15, 0.2) is 6.10 Å². The molecule has 0 fully saturated rings. The Kier molecular flexibility index (Phi) is 51.4. The third-order valence-electron chi connectivity index (χ3n) is 11.6. The van der Waals surface area contributed by atoms with E-state index in [1.165, 1.54) is 83.5 Å². The highest BCUT2D eigenvalue weighted by Crippen LogP contribution is 2.14. The largest absolute Gasteiger partial charge is 0.462 e. The molecule has 0 aliphatic carbocycles. The molecule has 0 radical (unpaired) electrons. The minimum absolute atomic E-state index is 0.0943. The maximum atomic E-state index is 12.8. The zero-order chi connectivity index (χ0) is 47.9. The Hall–Kier alpha value is -3.41. The predicted molar refractivity (Wildman–Crippen MR) is 284 cm³/mol. The van der Waals surface area contributed by atoms with E-state index in [2.05, 4.69) is 106 Å². The van der Waals surface area contributed by atoms with Crippen LogP contribution in [-0.2, 0) is 28.6 Å². The van der Waals surface area contributed by atoms with Gasteiger partial charge in [-0.15, -0.1) is 0 Å². The van der Waals surface area contributed by atoms with E-state index in [0.717, 1.165) is 135 Å². The second-order valence-electron chi connectivity index (χ2n) is 18.1. The summed E-state index contributed by atoms with van der Waals surface area (Å²) in [6, 6.07) is 0. The van der Waals surface area contributed by atoms with Crippen molar-refractivity contribution < 1.29 is 28.6 Å². The molecule has 0 aromatic heterocycles. The van der Waals surface area contributed by atoms with Crippen LogP contribution < -0.4 is 0 Å². The minimum Gasteiger partial charge on any atom is -0.462 e. The van der Waals surface area contributed by atoms with Crippen LogP contribution in [0.5, 0.6) is 0 Å². The fourth-order valence-corrected chi connectivity index (χ4v) is 7.39. The fraction of sp³-hybridized carbons (Fsp3) is 0.717. The van der Waals surface area contributed by atoms with Gasteiger partial charge >= 0.3 is 17.9 Å². The molecule has 0 aromatic carbocycles. The summed E-state index contributed by atoms with van der Waals surface area (Å²) < 4.78 is 16.8. The van der Waals surface area contributed by atoms with Crippen molar-refractivity contribution in [3.05, 3.63) is 85.1 Å². The SMILES string of the molecule is CCC/C=C\C/C=C\CCCCCCCC(=O)OCC(COC(=O)CCCCCCCC/C=C\C/C=C\C/C=C\CCCCCCC)OC(=O)CCCCCCC/C=C\C/C=C\CCCC. The van der Waals surface area contributed by atoms with Crippen molar-refractivity contribution in [2.45, 2.75) is 264 Å². The van der Waals surface area contributed by atoms with E-state index in [-0.39, 0.29) is 31.1 Å². The number of hydrogen-bond acceptors (Lipinski definition) is 6. The molecule has 0 aromatic rings. The van der Waals surface area contributed by atoms with Gasteiger partial charge in [0, 0.05) is 19.3 Å². The van der Waals surface area contributed by atoms with Crippen molar-refractivity contribution in [2.24, 2.45) is 0 Å². The van der Waals surface area contributed by atoms with E-state index >= 15 is 0 Å². The highest BCUT2D eigenvalue weighted by atomic mass is 16.6. The standard InChI is InChI=1S/C60H102O6/c1-4-7-10-13-16-19-22-25-27-28-29-30-31-32-33-36-38-41-44-47-50-53-59(62)65-56-57(55-64-58(61)52-49-46-43-40-37-34-24-21-18-15-12-9-6-3)66-60(63)54-51-48-45-42-39-35-26-23-20-17-14-11-8-5-2/h12,14-15,17,21-26,28-29,31-32,57H,4-11,13,16,18-20,27,30,33-56H2,1-3H3/b15-12-,17-14-,24-21-,25-22-,26-23-,29-28-,32-31-. The number of rotatable bonds is 49. The molecule has 6 nitrogen and oxygen atoms in total. The molecule has 0 bridgehead atoms. The Morgan fingerprint density at radius 3 is 0.955 bits per heavy atom. The summed E-state index contributed by atoms with van der Waals surface area (Å²) in [6.07, 6.45) is 69.9. The maximum Gasteiger partial charge on any atom is 0.306 e. The average molecular weight is 919 g/mol. The van der Waals surface area contributed by atoms with Crippen LogP contribution in [0.15, 0.2) is 85.1 Å². The van der Waals surface area contributed by atoms with Gasteiger partial charge in [-0.05, 0) is 109 Å². The first kappa shape index (κ1) is 62.6. The van der Waals surface area contributed by atoms with Gasteiger partial charge in [0.05, 0.1) is 0 Å². The highest BCUT2D eigenvalue weighted by molar-refractivity contribution is 5.71. The third kappa shape index (κ3) is 51.6. The first-order valence-corrected chi connectivity index (χ1v) is 27.6. The first-order valence-electron chi connectivity index (χ1n) is 27.6. The first-order chi connectivity index (χ1) is 32.5. The summed E-state index contributed by atoms with van der Waals surface area (Å²) in [5, 5.41) is 0. The molecule has 0 aliphatic rings. The molecule has 0 saturated heterocycles. The molecular formula is C60H102O6. The van der Waals surface area contributed by atoms with Crippen LogP contribution in [0.2, 0.25) is 0 Å². The molecule has 378 valence electrons. The lowest BCUT2D eigenvalue weighted by Gasteiger charge is -2.18. The van der Waals surface area contributed by atoms with Gasteiger partial charge in [-0.2, -0.15) is 0 Å². The van der Waals surface area contributed by atoms with E-state index in [1.807, 2.05) is 0 Å². The Bertz CT molecular complexity index is 1290. The maximum absolute atomic E-state index is 12.8. The molecule has 0 spiro atoms. The number of carbonyl (C=O) groups excluding carboxylic acids is 3. The van der Waals surface area contributed by atoms with Crippen molar-refractivity contribution in [1.29, 1.82) is 0 Å². The molecular weight excluding hydrogens is 817 g/mol. The smallest absolute Gasteiger partial charge is 0.306 e. The van der Waals surface area contributed by atoms with Gasteiger partial charge < -0.3 is 14.2 Å². The van der Waals surface area contributed by atoms with Crippen LogP contribution in [0.1, 0.15) is 258 Å². The van der Waals surface area contributed by atoms with Crippen LogP contribution >= 0.6 is 0 Å². The van der Waals surface area contributed by atoms with Crippen molar-refractivity contribution in [2.75, 3.05) is 13.2 Å². The second kappa shape index (κ2) is 54.2. The van der Waals surface area contributed by atoms with Crippen molar-refractivity contribution in [1.82, 2.24) is 0 Å². The van der Waals surface area contributed by atoms with Crippen LogP contribution in [0.4, 0.5) is 0 Å². The van der Waals surface area contributed by atoms with Gasteiger partial charge in [0.1, 0.15) is 13.2 Å². The average Bonchev–Trinajstić information content (AvgIpc) is 3.31. The Morgan fingerprint density at radius 1 is 0.303 bits per heavy atom. The lowest BCUT2D eigenvalue weighted by Crippen LogP contribution is -2.30. The lowest BCUT2D eigenvalue weighted by atomic mass is 10.1. The number of unbranched alkanes of at least 4 members (excludes halogenated alkanes) is 24. The fourth-order valence-electron chi connectivity index (χ4n) is 7.39. The van der Waals surface area contributed by atoms with Crippen LogP contribution in [-0.4, -0.2) is 37.2 Å². The van der Waals surface area contributed by atoms with Crippen LogP contribution in [0.25, 0.3) is 0 Å². The quantitative estimate of drug-likeness (QED) is 0.0262. The zero-order valence-corrected chi connectivity index (χ0v) is 43.2. The normalized spacial score (nSPS) is 12.7. The van der Waals surface area contributed by atoms with E-state index in [9.17, 15) is 14.4 Å². The third-order valence-corrected chi connectivity index (χ3v) is 11.6. The molecule has 1 atom stereocenters. The summed E-state index contributed by atoms with van der Waals surface area (Å²) >= 11 is 0. The van der Waals surface area contributed by atoms with Crippen molar-refractivity contribution >= 4 is 17.9 Å². The summed E-state index contributed by atoms with van der Waals surface area (Å²) in [5.74, 6) is -0.933. The molecule has 66 heavy (non-hydrogen) atoms. The van der Waals surface area contributed by atoms with E-state index < -0.39 is 6.10 Å². The molecule has 0 N–H and O–H groups in total. The van der Waals surface area contributed by atoms with Crippen LogP contribution in [0.3, 0.4) is 0 Å². The van der Waals surface area contributed by atoms with Gasteiger partial charge in [-0.25, -0.2) is 0 Å². The van der Waals surface area contributed by atoms with Gasteiger partial charge in [0.25, 0.3) is 0 Å². The Balaban J connectivity index is 4.41. The van der Waals surface area contributed by atoms with E-state index in [1.54, 1.807) is 0 Å². The molecule has 0 amide bonds. The number of hydrogen-bond donors (Lipinski definition) is 0. The van der Waals surface area contributed by atoms with Gasteiger partial charge in [0.2, 0.25) is 0 Å². The van der Waals surface area contributed by atoms with Gasteiger partial charge in [-0.1, -0.05) is 215 Å². The zero-order valence-electron chi connectivity index (χ0n) is 43.2. The molecule has 0 heterocycles. The number of ether oxygens (including phenoxy) is 3. The summed E-state index contributed by atoms with van der Waals surface area (Å²) in [7, 11) is 0. The van der Waals surface area contributed by atoms with E-state index in [4.69, 9.17) is 14.2 Å². The monoisotopic (exact) mass is 919 g/mol. The van der Waals surface area contributed by atoms with Crippen molar-refractivity contribution in [3.8, 4) is 0 Å². The second-order valence-corrected chi connectivity index (χ2v) is 18.1. The predicted octanol–water partition coefficient (Wildman–Crippen LogP) is 18.4. The Labute approximate surface area is 407 Å². The molecule has 0 saturated carbocycles. The molecule has 0 rings (SSSR count). The molecule has 0 aliphatic heterocycles. The number of allylic oxidation sites excluding steroid dienone is 14. The topological polar surface area (TPSA) is 78.9 Å².